The second kappa shape index (κ2) is 2.52. The van der Waals surface area contributed by atoms with Crippen molar-refractivity contribution < 1.29 is 9.53 Å². The minimum Gasteiger partial charge on any atom is -0.444 e. The van der Waals surface area contributed by atoms with E-state index in [1.807, 2.05) is 0 Å². The van der Waals surface area contributed by atoms with Crippen LogP contribution in [0.15, 0.2) is 0 Å². The molecule has 1 fully saturated rings. The average Bonchev–Trinajstić information content (AvgIpc) is 2.14. The third-order valence-electron chi connectivity index (χ3n) is 0.920. The molecule has 1 amide bonds. The van der Waals surface area contributed by atoms with Crippen LogP contribution in [0.5, 0.6) is 0 Å². The van der Waals surface area contributed by atoms with Crippen molar-refractivity contribution >= 4 is 28.7 Å². The number of hydrogen-bond acceptors (Lipinski definition) is 2. The summed E-state index contributed by atoms with van der Waals surface area (Å²) in [7, 11) is 0. The highest BCUT2D eigenvalue weighted by Crippen LogP contribution is 2.02. The maximum atomic E-state index is 10.3. The molecule has 0 bridgehead atoms. The maximum absolute atomic E-state index is 10.3. The monoisotopic (exact) mass is 227 g/mol. The molecule has 0 aromatic carbocycles. The molecule has 8 heavy (non-hydrogen) atoms. The molecular weight excluding hydrogens is 221 g/mol. The third-order valence-corrected chi connectivity index (χ3v) is 1.90. The molecule has 1 aliphatic rings. The summed E-state index contributed by atoms with van der Waals surface area (Å²) in [5, 5.41) is 2.55. The minimum absolute atomic E-state index is 0.100. The molecule has 0 spiro atoms. The van der Waals surface area contributed by atoms with Gasteiger partial charge < -0.3 is 10.1 Å². The van der Waals surface area contributed by atoms with Gasteiger partial charge in [0, 0.05) is 4.43 Å². The Kier molecular flexibility index (Phi) is 1.93. The van der Waals surface area contributed by atoms with Crippen LogP contribution in [0.2, 0.25) is 0 Å². The lowest BCUT2D eigenvalue weighted by atomic mass is 10.4. The molecule has 1 atom stereocenters. The molecule has 4 heteroatoms. The summed E-state index contributed by atoms with van der Waals surface area (Å²) in [5.74, 6) is 0. The van der Waals surface area contributed by atoms with Crippen molar-refractivity contribution in [2.75, 3.05) is 11.0 Å². The first-order chi connectivity index (χ1) is 3.83. The molecule has 46 valence electrons. The van der Waals surface area contributed by atoms with Crippen LogP contribution < -0.4 is 5.32 Å². The molecule has 0 radical (unpaired) electrons. The molecule has 0 aromatic rings. The number of alkyl carbamates (subject to hydrolysis) is 1. The lowest BCUT2D eigenvalue weighted by molar-refractivity contribution is 0.151. The van der Waals surface area contributed by atoms with Crippen molar-refractivity contribution in [1.82, 2.24) is 5.32 Å². The van der Waals surface area contributed by atoms with Crippen molar-refractivity contribution in [3.05, 3.63) is 0 Å². The van der Waals surface area contributed by atoms with Gasteiger partial charge in [0.2, 0.25) is 0 Å². The molecule has 1 heterocycles. The molecule has 0 saturated carbocycles. The molecule has 0 aliphatic carbocycles. The number of halogens is 1. The molecule has 0 aromatic heterocycles. The molecule has 1 rings (SSSR count). The van der Waals surface area contributed by atoms with Crippen molar-refractivity contribution in [3.8, 4) is 0 Å². The maximum Gasteiger partial charge on any atom is 0.407 e. The van der Waals surface area contributed by atoms with Gasteiger partial charge in [0.25, 0.3) is 0 Å². The van der Waals surface area contributed by atoms with Crippen molar-refractivity contribution in [2.24, 2.45) is 0 Å². The van der Waals surface area contributed by atoms with Crippen LogP contribution in [0.25, 0.3) is 0 Å². The fourth-order valence-electron chi connectivity index (χ4n) is 0.518. The van der Waals surface area contributed by atoms with Crippen LogP contribution in [0.1, 0.15) is 0 Å². The summed E-state index contributed by atoms with van der Waals surface area (Å²) in [4.78, 5) is 10.3. The topological polar surface area (TPSA) is 38.3 Å². The first-order valence-electron chi connectivity index (χ1n) is 2.33. The molecule has 1 N–H and O–H groups in total. The average molecular weight is 227 g/mol. The highest BCUT2D eigenvalue weighted by molar-refractivity contribution is 14.1. The Bertz CT molecular complexity index is 106. The first kappa shape index (κ1) is 6.12. The summed E-state index contributed by atoms with van der Waals surface area (Å²) >= 11 is 2.18. The quantitative estimate of drug-likeness (QED) is 0.524. The standard InChI is InChI=1S/C4H6INO2/c5-1-3-2-6-4(7)8-3/h3H,1-2H2,(H,6,7)/t3-/m1/s1. The number of carbonyl (C=O) groups excluding carboxylic acids is 1. The van der Waals surface area contributed by atoms with Crippen molar-refractivity contribution in [1.29, 1.82) is 0 Å². The summed E-state index contributed by atoms with van der Waals surface area (Å²) in [6, 6.07) is 0. The fraction of sp³-hybridized carbons (Fsp3) is 0.750. The van der Waals surface area contributed by atoms with Crippen LogP contribution in [0.3, 0.4) is 0 Å². The Labute approximate surface area is 60.9 Å². The van der Waals surface area contributed by atoms with E-state index in [9.17, 15) is 4.79 Å². The Hall–Kier alpha value is -0.0000000000000000555. The largest absolute Gasteiger partial charge is 0.444 e. The van der Waals surface area contributed by atoms with Gasteiger partial charge >= 0.3 is 6.09 Å². The van der Waals surface area contributed by atoms with Gasteiger partial charge in [-0.1, -0.05) is 22.6 Å². The predicted octanol–water partition coefficient (Wildman–Crippen LogP) is 0.530. The van der Waals surface area contributed by atoms with Crippen molar-refractivity contribution in [3.63, 3.8) is 0 Å². The number of amides is 1. The van der Waals surface area contributed by atoms with E-state index in [2.05, 4.69) is 27.9 Å². The lowest BCUT2D eigenvalue weighted by Gasteiger charge is -1.98. The number of hydrogen-bond donors (Lipinski definition) is 1. The van der Waals surface area contributed by atoms with Crippen LogP contribution in [-0.2, 0) is 4.74 Å². The first-order valence-corrected chi connectivity index (χ1v) is 3.86. The van der Waals surface area contributed by atoms with E-state index in [1.165, 1.54) is 0 Å². The van der Waals surface area contributed by atoms with Gasteiger partial charge in [-0.25, -0.2) is 4.79 Å². The zero-order valence-electron chi connectivity index (χ0n) is 4.19. The third kappa shape index (κ3) is 1.24. The highest BCUT2D eigenvalue weighted by atomic mass is 127. The minimum atomic E-state index is -0.285. The molecule has 1 saturated heterocycles. The van der Waals surface area contributed by atoms with Crippen LogP contribution in [0.4, 0.5) is 4.79 Å². The van der Waals surface area contributed by atoms with E-state index in [0.717, 1.165) is 4.43 Å². The van der Waals surface area contributed by atoms with Gasteiger partial charge in [-0.15, -0.1) is 0 Å². The Morgan fingerprint density at radius 3 is 3.00 bits per heavy atom. The smallest absolute Gasteiger partial charge is 0.407 e. The van der Waals surface area contributed by atoms with E-state index in [1.54, 1.807) is 0 Å². The number of alkyl halides is 1. The number of carbonyl (C=O) groups is 1. The van der Waals surface area contributed by atoms with Gasteiger partial charge in [0.05, 0.1) is 6.54 Å². The Morgan fingerprint density at radius 2 is 2.75 bits per heavy atom. The zero-order valence-corrected chi connectivity index (χ0v) is 6.34. The molecule has 1 aliphatic heterocycles. The van der Waals surface area contributed by atoms with E-state index in [-0.39, 0.29) is 12.2 Å². The van der Waals surface area contributed by atoms with Gasteiger partial charge in [-0.3, -0.25) is 0 Å². The van der Waals surface area contributed by atoms with Gasteiger partial charge in [0.15, 0.2) is 0 Å². The van der Waals surface area contributed by atoms with Crippen LogP contribution in [0, 0.1) is 0 Å². The van der Waals surface area contributed by atoms with Crippen molar-refractivity contribution in [2.45, 2.75) is 6.10 Å². The van der Waals surface area contributed by atoms with Gasteiger partial charge in [-0.05, 0) is 0 Å². The van der Waals surface area contributed by atoms with E-state index in [4.69, 9.17) is 4.74 Å². The second-order valence-electron chi connectivity index (χ2n) is 1.56. The molecule has 0 unspecified atom stereocenters. The summed E-state index contributed by atoms with van der Waals surface area (Å²) in [5.41, 5.74) is 0. The second-order valence-corrected chi connectivity index (χ2v) is 2.44. The zero-order chi connectivity index (χ0) is 5.98. The number of rotatable bonds is 1. The normalized spacial score (nSPS) is 27.1. The van der Waals surface area contributed by atoms with Gasteiger partial charge in [-0.2, -0.15) is 0 Å². The van der Waals surface area contributed by atoms with E-state index < -0.39 is 0 Å². The summed E-state index contributed by atoms with van der Waals surface area (Å²) < 4.78 is 5.62. The Morgan fingerprint density at radius 1 is 2.00 bits per heavy atom. The summed E-state index contributed by atoms with van der Waals surface area (Å²) in [6.07, 6.45) is -0.185. The SMILES string of the molecule is O=C1NC[C@@H](CI)O1. The van der Waals surface area contributed by atoms with Crippen LogP contribution >= 0.6 is 22.6 Å². The predicted molar refractivity (Wildman–Crippen MR) is 37.2 cm³/mol. The van der Waals surface area contributed by atoms with Gasteiger partial charge in [0.1, 0.15) is 6.10 Å². The Balaban J connectivity index is 2.32. The molecular formula is C4H6INO2. The van der Waals surface area contributed by atoms with E-state index in [0.29, 0.717) is 6.54 Å². The molecule has 3 nitrogen and oxygen atoms in total. The van der Waals surface area contributed by atoms with Crippen LogP contribution in [-0.4, -0.2) is 23.2 Å². The number of ether oxygens (including phenoxy) is 1. The summed E-state index contributed by atoms with van der Waals surface area (Å²) in [6.45, 7) is 0.668. The number of cyclic esters (lactones) is 1. The fourth-order valence-corrected chi connectivity index (χ4v) is 1.01. The highest BCUT2D eigenvalue weighted by Gasteiger charge is 2.20. The lowest BCUT2D eigenvalue weighted by Crippen LogP contribution is -2.15. The van der Waals surface area contributed by atoms with E-state index >= 15 is 0 Å². The number of nitrogens with one attached hydrogen (secondary N) is 1.